The average Bonchev–Trinajstić information content (AvgIpc) is 2.80. The number of nitrogens with one attached hydrogen (secondary N) is 2. The number of hydrogen-bond donors (Lipinski definition) is 2. The predicted octanol–water partition coefficient (Wildman–Crippen LogP) is 3.27. The second-order valence-corrected chi connectivity index (χ2v) is 7.71. The Morgan fingerprint density at radius 1 is 1.00 bits per heavy atom. The SMILES string of the molecule is CCCC(=O)N1CCN(c2ccc(NC(=S)NC(=O)c3ccc(OC)cc3)cc2)CC1. The van der Waals surface area contributed by atoms with Crippen molar-refractivity contribution in [1.29, 1.82) is 0 Å². The summed E-state index contributed by atoms with van der Waals surface area (Å²) in [4.78, 5) is 28.6. The van der Waals surface area contributed by atoms with Crippen molar-refractivity contribution in [2.24, 2.45) is 0 Å². The first kappa shape index (κ1) is 22.6. The summed E-state index contributed by atoms with van der Waals surface area (Å²) < 4.78 is 5.10. The Morgan fingerprint density at radius 2 is 1.65 bits per heavy atom. The van der Waals surface area contributed by atoms with E-state index < -0.39 is 0 Å². The lowest BCUT2D eigenvalue weighted by Crippen LogP contribution is -2.48. The van der Waals surface area contributed by atoms with E-state index in [0.717, 1.165) is 44.0 Å². The van der Waals surface area contributed by atoms with Gasteiger partial charge in [-0.1, -0.05) is 6.92 Å². The van der Waals surface area contributed by atoms with Gasteiger partial charge in [0.05, 0.1) is 7.11 Å². The maximum Gasteiger partial charge on any atom is 0.257 e. The van der Waals surface area contributed by atoms with Crippen LogP contribution in [0.4, 0.5) is 11.4 Å². The van der Waals surface area contributed by atoms with Crippen LogP contribution < -0.4 is 20.3 Å². The molecular formula is C23H28N4O3S. The summed E-state index contributed by atoms with van der Waals surface area (Å²) >= 11 is 5.26. The van der Waals surface area contributed by atoms with Gasteiger partial charge in [0, 0.05) is 49.5 Å². The van der Waals surface area contributed by atoms with E-state index in [2.05, 4.69) is 15.5 Å². The van der Waals surface area contributed by atoms with E-state index in [9.17, 15) is 9.59 Å². The van der Waals surface area contributed by atoms with E-state index in [0.29, 0.717) is 17.7 Å². The van der Waals surface area contributed by atoms with Gasteiger partial charge in [-0.2, -0.15) is 0 Å². The van der Waals surface area contributed by atoms with Crippen LogP contribution in [-0.4, -0.2) is 55.1 Å². The van der Waals surface area contributed by atoms with E-state index in [-0.39, 0.29) is 16.9 Å². The molecule has 0 saturated carbocycles. The molecule has 0 aromatic heterocycles. The number of thiocarbonyl (C=S) groups is 1. The fourth-order valence-electron chi connectivity index (χ4n) is 3.42. The Morgan fingerprint density at radius 3 is 2.23 bits per heavy atom. The van der Waals surface area contributed by atoms with Crippen LogP contribution in [0.1, 0.15) is 30.1 Å². The van der Waals surface area contributed by atoms with Crippen molar-refractivity contribution in [3.05, 3.63) is 54.1 Å². The molecular weight excluding hydrogens is 412 g/mol. The molecule has 1 aliphatic rings. The molecule has 2 aromatic rings. The summed E-state index contributed by atoms with van der Waals surface area (Å²) in [6.45, 7) is 5.16. The van der Waals surface area contributed by atoms with Gasteiger partial charge in [-0.3, -0.25) is 14.9 Å². The normalized spacial score (nSPS) is 13.5. The van der Waals surface area contributed by atoms with Crippen molar-refractivity contribution >= 4 is 40.5 Å². The Bertz CT molecular complexity index is 907. The number of benzene rings is 2. The molecule has 0 radical (unpaired) electrons. The molecule has 31 heavy (non-hydrogen) atoms. The Kier molecular flexibility index (Phi) is 7.83. The number of nitrogens with zero attached hydrogens (tertiary/aromatic N) is 2. The summed E-state index contributed by atoms with van der Waals surface area (Å²) in [5, 5.41) is 5.95. The van der Waals surface area contributed by atoms with Gasteiger partial charge in [0.25, 0.3) is 5.91 Å². The molecule has 7 nitrogen and oxygen atoms in total. The van der Waals surface area contributed by atoms with Crippen LogP contribution in [-0.2, 0) is 4.79 Å². The standard InChI is InChI=1S/C23H28N4O3S/c1-3-4-21(28)27-15-13-26(14-16-27)19-9-7-18(8-10-19)24-23(31)25-22(29)17-5-11-20(30-2)12-6-17/h5-12H,3-4,13-16H2,1-2H3,(H2,24,25,29,31). The molecule has 0 aliphatic carbocycles. The monoisotopic (exact) mass is 440 g/mol. The molecule has 2 aromatic carbocycles. The van der Waals surface area contributed by atoms with Gasteiger partial charge in [0.1, 0.15) is 5.75 Å². The summed E-state index contributed by atoms with van der Waals surface area (Å²) in [6.07, 6.45) is 1.51. The molecule has 1 heterocycles. The van der Waals surface area contributed by atoms with E-state index in [4.69, 9.17) is 17.0 Å². The Balaban J connectivity index is 1.49. The second-order valence-electron chi connectivity index (χ2n) is 7.30. The number of piperazine rings is 1. The number of amides is 2. The van der Waals surface area contributed by atoms with Crippen molar-refractivity contribution in [3.63, 3.8) is 0 Å². The van der Waals surface area contributed by atoms with Crippen molar-refractivity contribution in [2.75, 3.05) is 43.5 Å². The number of ether oxygens (including phenoxy) is 1. The molecule has 0 atom stereocenters. The Labute approximate surface area is 188 Å². The van der Waals surface area contributed by atoms with Crippen LogP contribution in [0.15, 0.2) is 48.5 Å². The van der Waals surface area contributed by atoms with E-state index in [1.807, 2.05) is 36.1 Å². The van der Waals surface area contributed by atoms with Gasteiger partial charge in [-0.05, 0) is 67.2 Å². The minimum Gasteiger partial charge on any atom is -0.497 e. The minimum atomic E-state index is -0.285. The van der Waals surface area contributed by atoms with E-state index in [1.165, 1.54) is 0 Å². The fourth-order valence-corrected chi connectivity index (χ4v) is 3.63. The zero-order valence-electron chi connectivity index (χ0n) is 17.9. The van der Waals surface area contributed by atoms with Crippen molar-refractivity contribution < 1.29 is 14.3 Å². The lowest BCUT2D eigenvalue weighted by Gasteiger charge is -2.36. The van der Waals surface area contributed by atoms with Crippen molar-refractivity contribution in [1.82, 2.24) is 10.2 Å². The first-order valence-electron chi connectivity index (χ1n) is 10.4. The summed E-state index contributed by atoms with van der Waals surface area (Å²) in [5.41, 5.74) is 2.39. The van der Waals surface area contributed by atoms with E-state index in [1.54, 1.807) is 31.4 Å². The lowest BCUT2D eigenvalue weighted by atomic mass is 10.2. The van der Waals surface area contributed by atoms with Crippen molar-refractivity contribution in [3.8, 4) is 5.75 Å². The minimum absolute atomic E-state index is 0.233. The highest BCUT2D eigenvalue weighted by Gasteiger charge is 2.20. The second kappa shape index (κ2) is 10.8. The number of carbonyl (C=O) groups is 2. The Hall–Kier alpha value is -3.13. The smallest absolute Gasteiger partial charge is 0.257 e. The molecule has 3 rings (SSSR count). The largest absolute Gasteiger partial charge is 0.497 e. The maximum absolute atomic E-state index is 12.3. The third-order valence-electron chi connectivity index (χ3n) is 5.17. The molecule has 0 spiro atoms. The van der Waals surface area contributed by atoms with E-state index >= 15 is 0 Å². The van der Waals surface area contributed by atoms with Crippen LogP contribution in [0, 0.1) is 0 Å². The molecule has 1 fully saturated rings. The predicted molar refractivity (Wildman–Crippen MR) is 127 cm³/mol. The van der Waals surface area contributed by atoms with Gasteiger partial charge < -0.3 is 19.9 Å². The van der Waals surface area contributed by atoms with Crippen LogP contribution in [0.5, 0.6) is 5.75 Å². The first-order chi connectivity index (χ1) is 15.0. The molecule has 8 heteroatoms. The topological polar surface area (TPSA) is 73.9 Å². The third kappa shape index (κ3) is 6.18. The number of methoxy groups -OCH3 is 1. The highest BCUT2D eigenvalue weighted by Crippen LogP contribution is 2.20. The molecule has 2 amide bonds. The summed E-state index contributed by atoms with van der Waals surface area (Å²) in [7, 11) is 1.58. The van der Waals surface area contributed by atoms with Crippen LogP contribution in [0.2, 0.25) is 0 Å². The number of carbonyl (C=O) groups excluding carboxylic acids is 2. The average molecular weight is 441 g/mol. The molecule has 0 bridgehead atoms. The molecule has 0 unspecified atom stereocenters. The van der Waals surface area contributed by atoms with Crippen LogP contribution >= 0.6 is 12.2 Å². The summed E-state index contributed by atoms with van der Waals surface area (Å²) in [6, 6.07) is 14.7. The quantitative estimate of drug-likeness (QED) is 0.672. The summed E-state index contributed by atoms with van der Waals surface area (Å²) in [5.74, 6) is 0.644. The van der Waals surface area contributed by atoms with Crippen LogP contribution in [0.3, 0.4) is 0 Å². The zero-order chi connectivity index (χ0) is 22.2. The third-order valence-corrected chi connectivity index (χ3v) is 5.37. The first-order valence-corrected chi connectivity index (χ1v) is 10.8. The maximum atomic E-state index is 12.3. The highest BCUT2D eigenvalue weighted by molar-refractivity contribution is 7.80. The number of hydrogen-bond acceptors (Lipinski definition) is 5. The van der Waals surface area contributed by atoms with Gasteiger partial charge in [-0.15, -0.1) is 0 Å². The fraction of sp³-hybridized carbons (Fsp3) is 0.348. The number of anilines is 2. The highest BCUT2D eigenvalue weighted by atomic mass is 32.1. The molecule has 1 saturated heterocycles. The van der Waals surface area contributed by atoms with Gasteiger partial charge in [-0.25, -0.2) is 0 Å². The number of rotatable bonds is 6. The lowest BCUT2D eigenvalue weighted by molar-refractivity contribution is -0.131. The van der Waals surface area contributed by atoms with Gasteiger partial charge in [0.2, 0.25) is 5.91 Å². The van der Waals surface area contributed by atoms with Crippen LogP contribution in [0.25, 0.3) is 0 Å². The zero-order valence-corrected chi connectivity index (χ0v) is 18.7. The molecule has 1 aliphatic heterocycles. The van der Waals surface area contributed by atoms with Gasteiger partial charge >= 0.3 is 0 Å². The van der Waals surface area contributed by atoms with Gasteiger partial charge in [0.15, 0.2) is 5.11 Å². The molecule has 2 N–H and O–H groups in total. The molecule has 164 valence electrons. The van der Waals surface area contributed by atoms with Crippen molar-refractivity contribution in [2.45, 2.75) is 19.8 Å².